The molecular formula is C18H13BrO2. The highest BCUT2D eigenvalue weighted by molar-refractivity contribution is 9.10. The fraction of sp³-hybridized carbons (Fsp3) is 0.0556. The van der Waals surface area contributed by atoms with Crippen molar-refractivity contribution in [2.45, 2.75) is 6.92 Å². The molecule has 0 amide bonds. The molecule has 3 heteroatoms. The average Bonchev–Trinajstić information content (AvgIpc) is 2.51. The van der Waals surface area contributed by atoms with Gasteiger partial charge in [-0.2, -0.15) is 0 Å². The molecule has 0 aromatic heterocycles. The maximum atomic E-state index is 11.4. The highest BCUT2D eigenvalue weighted by atomic mass is 79.9. The van der Waals surface area contributed by atoms with Gasteiger partial charge in [-0.05, 0) is 51.8 Å². The zero-order valence-electron chi connectivity index (χ0n) is 11.5. The van der Waals surface area contributed by atoms with Crippen molar-refractivity contribution >= 4 is 32.5 Å². The van der Waals surface area contributed by atoms with E-state index in [4.69, 9.17) is 4.74 Å². The van der Waals surface area contributed by atoms with Crippen molar-refractivity contribution in [3.63, 3.8) is 0 Å². The SMILES string of the molecule is CC(=O)c1cccc(Oc2ccc3ccccc3c2Br)c1. The minimum absolute atomic E-state index is 0.0260. The molecule has 0 N–H and O–H groups in total. The number of hydrogen-bond acceptors (Lipinski definition) is 2. The Bertz CT molecular complexity index is 824. The number of ether oxygens (including phenoxy) is 1. The van der Waals surface area contributed by atoms with Crippen LogP contribution in [0.4, 0.5) is 0 Å². The maximum absolute atomic E-state index is 11.4. The molecule has 0 saturated carbocycles. The molecule has 0 aliphatic heterocycles. The third-order valence-corrected chi connectivity index (χ3v) is 4.11. The summed E-state index contributed by atoms with van der Waals surface area (Å²) in [5.74, 6) is 1.41. The summed E-state index contributed by atoms with van der Waals surface area (Å²) in [6.07, 6.45) is 0. The first-order chi connectivity index (χ1) is 10.1. The number of halogens is 1. The molecule has 2 nitrogen and oxygen atoms in total. The van der Waals surface area contributed by atoms with E-state index in [1.54, 1.807) is 19.1 Å². The molecule has 3 rings (SSSR count). The maximum Gasteiger partial charge on any atom is 0.159 e. The Balaban J connectivity index is 2.00. The van der Waals surface area contributed by atoms with Gasteiger partial charge in [-0.3, -0.25) is 4.79 Å². The van der Waals surface area contributed by atoms with E-state index < -0.39 is 0 Å². The fourth-order valence-corrected chi connectivity index (χ4v) is 2.77. The molecule has 0 spiro atoms. The largest absolute Gasteiger partial charge is 0.456 e. The van der Waals surface area contributed by atoms with Gasteiger partial charge >= 0.3 is 0 Å². The van der Waals surface area contributed by atoms with E-state index in [2.05, 4.69) is 22.0 Å². The van der Waals surface area contributed by atoms with Gasteiger partial charge in [0.05, 0.1) is 4.47 Å². The Hall–Kier alpha value is -2.13. The fourth-order valence-electron chi connectivity index (χ4n) is 2.20. The number of rotatable bonds is 3. The van der Waals surface area contributed by atoms with Crippen molar-refractivity contribution in [2.24, 2.45) is 0 Å². The molecule has 0 saturated heterocycles. The van der Waals surface area contributed by atoms with Crippen LogP contribution in [0.5, 0.6) is 11.5 Å². The van der Waals surface area contributed by atoms with Gasteiger partial charge in [-0.15, -0.1) is 0 Å². The van der Waals surface area contributed by atoms with Gasteiger partial charge in [0.1, 0.15) is 11.5 Å². The van der Waals surface area contributed by atoms with Crippen LogP contribution in [0.1, 0.15) is 17.3 Å². The number of Topliss-reactive ketones (excluding diaryl/α,β-unsaturated/α-hetero) is 1. The van der Waals surface area contributed by atoms with Crippen LogP contribution in [-0.4, -0.2) is 5.78 Å². The van der Waals surface area contributed by atoms with Crippen LogP contribution in [0.25, 0.3) is 10.8 Å². The molecule has 0 aliphatic rings. The zero-order chi connectivity index (χ0) is 14.8. The van der Waals surface area contributed by atoms with Crippen LogP contribution in [-0.2, 0) is 0 Å². The van der Waals surface area contributed by atoms with Gasteiger partial charge in [0.25, 0.3) is 0 Å². The van der Waals surface area contributed by atoms with Gasteiger partial charge in [-0.1, -0.05) is 42.5 Å². The van der Waals surface area contributed by atoms with Crippen LogP contribution >= 0.6 is 15.9 Å². The Morgan fingerprint density at radius 2 is 1.81 bits per heavy atom. The normalized spacial score (nSPS) is 10.6. The van der Waals surface area contributed by atoms with Crippen LogP contribution in [0.2, 0.25) is 0 Å². The average molecular weight is 341 g/mol. The van der Waals surface area contributed by atoms with Crippen molar-refractivity contribution in [1.29, 1.82) is 0 Å². The minimum atomic E-state index is 0.0260. The number of carbonyl (C=O) groups is 1. The van der Waals surface area contributed by atoms with E-state index in [-0.39, 0.29) is 5.78 Å². The lowest BCUT2D eigenvalue weighted by Crippen LogP contribution is -1.93. The molecule has 0 unspecified atom stereocenters. The number of benzene rings is 3. The van der Waals surface area contributed by atoms with Gasteiger partial charge in [-0.25, -0.2) is 0 Å². The summed E-state index contributed by atoms with van der Waals surface area (Å²) in [5.41, 5.74) is 0.643. The third kappa shape index (κ3) is 2.83. The van der Waals surface area contributed by atoms with Crippen molar-refractivity contribution in [2.75, 3.05) is 0 Å². The molecule has 3 aromatic carbocycles. The predicted molar refractivity (Wildman–Crippen MR) is 88.2 cm³/mol. The molecular weight excluding hydrogens is 328 g/mol. The lowest BCUT2D eigenvalue weighted by molar-refractivity contribution is 0.101. The second-order valence-electron chi connectivity index (χ2n) is 4.78. The highest BCUT2D eigenvalue weighted by Gasteiger charge is 2.08. The minimum Gasteiger partial charge on any atom is -0.456 e. The van der Waals surface area contributed by atoms with E-state index in [0.717, 1.165) is 21.0 Å². The molecule has 0 fully saturated rings. The Morgan fingerprint density at radius 3 is 2.62 bits per heavy atom. The Kier molecular flexibility index (Phi) is 3.76. The summed E-state index contributed by atoms with van der Waals surface area (Å²) in [6, 6.07) is 19.2. The van der Waals surface area contributed by atoms with Crippen LogP contribution in [0.15, 0.2) is 65.1 Å². The quantitative estimate of drug-likeness (QED) is 0.580. The number of fused-ring (bicyclic) bond motifs is 1. The molecule has 104 valence electrons. The number of carbonyl (C=O) groups excluding carboxylic acids is 1. The first-order valence-electron chi connectivity index (χ1n) is 6.61. The molecule has 0 aliphatic carbocycles. The Labute approximate surface area is 131 Å². The summed E-state index contributed by atoms with van der Waals surface area (Å²) in [6.45, 7) is 1.55. The van der Waals surface area contributed by atoms with Gasteiger partial charge in [0, 0.05) is 5.56 Å². The standard InChI is InChI=1S/C18H13BrO2/c1-12(20)14-6-4-7-15(11-14)21-17-10-9-13-5-2-3-8-16(13)18(17)19/h2-11H,1H3. The van der Waals surface area contributed by atoms with E-state index >= 15 is 0 Å². The molecule has 0 radical (unpaired) electrons. The van der Waals surface area contributed by atoms with E-state index in [0.29, 0.717) is 11.3 Å². The first kappa shape index (κ1) is 13.8. The topological polar surface area (TPSA) is 26.3 Å². The predicted octanol–water partition coefficient (Wildman–Crippen LogP) is 5.60. The van der Waals surface area contributed by atoms with Crippen LogP contribution < -0.4 is 4.74 Å². The van der Waals surface area contributed by atoms with E-state index in [1.165, 1.54) is 0 Å². The second kappa shape index (κ2) is 5.70. The number of hydrogen-bond donors (Lipinski definition) is 0. The zero-order valence-corrected chi connectivity index (χ0v) is 13.1. The highest BCUT2D eigenvalue weighted by Crippen LogP contribution is 2.35. The molecule has 0 atom stereocenters. The van der Waals surface area contributed by atoms with Gasteiger partial charge in [0.2, 0.25) is 0 Å². The smallest absolute Gasteiger partial charge is 0.159 e. The lowest BCUT2D eigenvalue weighted by Gasteiger charge is -2.10. The molecule has 3 aromatic rings. The second-order valence-corrected chi connectivity index (χ2v) is 5.58. The van der Waals surface area contributed by atoms with Crippen molar-refractivity contribution in [3.05, 3.63) is 70.7 Å². The Morgan fingerprint density at radius 1 is 1.00 bits per heavy atom. The lowest BCUT2D eigenvalue weighted by atomic mass is 10.1. The van der Waals surface area contributed by atoms with E-state index in [1.807, 2.05) is 42.5 Å². The van der Waals surface area contributed by atoms with Gasteiger partial charge < -0.3 is 4.74 Å². The summed E-state index contributed by atoms with van der Waals surface area (Å²) in [5, 5.41) is 2.24. The van der Waals surface area contributed by atoms with Gasteiger partial charge in [0.15, 0.2) is 5.78 Å². The monoisotopic (exact) mass is 340 g/mol. The van der Waals surface area contributed by atoms with Crippen molar-refractivity contribution in [3.8, 4) is 11.5 Å². The van der Waals surface area contributed by atoms with E-state index in [9.17, 15) is 4.79 Å². The molecule has 0 bridgehead atoms. The summed E-state index contributed by atoms with van der Waals surface area (Å²) >= 11 is 3.59. The van der Waals surface area contributed by atoms with Crippen LogP contribution in [0, 0.1) is 0 Å². The summed E-state index contributed by atoms with van der Waals surface area (Å²) in [4.78, 5) is 11.4. The summed E-state index contributed by atoms with van der Waals surface area (Å²) < 4.78 is 6.82. The first-order valence-corrected chi connectivity index (χ1v) is 7.40. The van der Waals surface area contributed by atoms with Crippen LogP contribution in [0.3, 0.4) is 0 Å². The number of ketones is 1. The summed E-state index contributed by atoms with van der Waals surface area (Å²) in [7, 11) is 0. The third-order valence-electron chi connectivity index (χ3n) is 3.30. The van der Waals surface area contributed by atoms with Crippen molar-refractivity contribution in [1.82, 2.24) is 0 Å². The molecule has 0 heterocycles. The molecule has 21 heavy (non-hydrogen) atoms. The van der Waals surface area contributed by atoms with Crippen molar-refractivity contribution < 1.29 is 9.53 Å².